The Morgan fingerprint density at radius 3 is 2.75 bits per heavy atom. The van der Waals surface area contributed by atoms with Crippen molar-refractivity contribution in [3.8, 4) is 0 Å². The highest BCUT2D eigenvalue weighted by Crippen LogP contribution is 2.39. The van der Waals surface area contributed by atoms with Crippen LogP contribution in [-0.4, -0.2) is 11.0 Å². The molecule has 1 N–H and O–H groups in total. The predicted molar refractivity (Wildman–Crippen MR) is 77.7 cm³/mol. The van der Waals surface area contributed by atoms with Gasteiger partial charge in [-0.2, -0.15) is 0 Å². The van der Waals surface area contributed by atoms with E-state index in [-0.39, 0.29) is 27.9 Å². The van der Waals surface area contributed by atoms with E-state index in [1.807, 2.05) is 0 Å². The molecule has 1 aliphatic rings. The van der Waals surface area contributed by atoms with Crippen LogP contribution in [0.4, 0.5) is 15.8 Å². The maximum Gasteiger partial charge on any atom is 0.294 e. The molecular formula is C14H18ClFN2O2. The van der Waals surface area contributed by atoms with Crippen LogP contribution in [0.1, 0.15) is 39.5 Å². The van der Waals surface area contributed by atoms with Gasteiger partial charge in [0.15, 0.2) is 0 Å². The highest BCUT2D eigenvalue weighted by molar-refractivity contribution is 6.31. The molecule has 2 rings (SSSR count). The minimum absolute atomic E-state index is 0.0300. The molecule has 0 aliphatic heterocycles. The number of hydrogen-bond donors (Lipinski definition) is 1. The molecule has 0 bridgehead atoms. The molecule has 1 aromatic carbocycles. The number of benzene rings is 1. The van der Waals surface area contributed by atoms with Crippen LogP contribution in [0.15, 0.2) is 12.1 Å². The number of hydrogen-bond acceptors (Lipinski definition) is 3. The van der Waals surface area contributed by atoms with Crippen molar-refractivity contribution in [1.82, 2.24) is 0 Å². The Morgan fingerprint density at radius 1 is 1.45 bits per heavy atom. The first-order valence-corrected chi connectivity index (χ1v) is 7.09. The van der Waals surface area contributed by atoms with Crippen LogP contribution in [0.25, 0.3) is 0 Å². The van der Waals surface area contributed by atoms with Gasteiger partial charge in [-0.1, -0.05) is 38.3 Å². The van der Waals surface area contributed by atoms with E-state index < -0.39 is 10.7 Å². The summed E-state index contributed by atoms with van der Waals surface area (Å²) in [5, 5.41) is 14.0. The van der Waals surface area contributed by atoms with E-state index in [1.54, 1.807) is 0 Å². The van der Waals surface area contributed by atoms with E-state index in [4.69, 9.17) is 11.6 Å². The average molecular weight is 301 g/mol. The molecule has 4 nitrogen and oxygen atoms in total. The van der Waals surface area contributed by atoms with Crippen LogP contribution in [-0.2, 0) is 0 Å². The first-order valence-electron chi connectivity index (χ1n) is 6.71. The molecule has 110 valence electrons. The molecule has 1 atom stereocenters. The van der Waals surface area contributed by atoms with Gasteiger partial charge < -0.3 is 5.32 Å². The van der Waals surface area contributed by atoms with Crippen molar-refractivity contribution in [3.05, 3.63) is 33.1 Å². The van der Waals surface area contributed by atoms with Gasteiger partial charge in [-0.15, -0.1) is 0 Å². The third-order valence-corrected chi connectivity index (χ3v) is 4.36. The van der Waals surface area contributed by atoms with Crippen molar-refractivity contribution in [2.24, 2.45) is 5.41 Å². The summed E-state index contributed by atoms with van der Waals surface area (Å²) in [6.45, 7) is 4.25. The number of nitro benzene ring substituents is 1. The fourth-order valence-corrected chi connectivity index (χ4v) is 2.91. The highest BCUT2D eigenvalue weighted by Gasteiger charge is 2.33. The summed E-state index contributed by atoms with van der Waals surface area (Å²) in [6.07, 6.45) is 4.20. The fraction of sp³-hybridized carbons (Fsp3) is 0.571. The summed E-state index contributed by atoms with van der Waals surface area (Å²) in [5.74, 6) is -0.645. The van der Waals surface area contributed by atoms with Crippen LogP contribution in [0.5, 0.6) is 0 Å². The summed E-state index contributed by atoms with van der Waals surface area (Å²) in [6, 6.07) is 2.27. The van der Waals surface area contributed by atoms with Gasteiger partial charge in [0, 0.05) is 18.2 Å². The lowest BCUT2D eigenvalue weighted by Gasteiger charge is -2.39. The molecule has 1 aromatic rings. The van der Waals surface area contributed by atoms with E-state index >= 15 is 0 Å². The minimum Gasteiger partial charge on any atom is -0.376 e. The van der Waals surface area contributed by atoms with E-state index in [0.29, 0.717) is 0 Å². The van der Waals surface area contributed by atoms with E-state index in [9.17, 15) is 14.5 Å². The molecule has 1 fully saturated rings. The maximum absolute atomic E-state index is 13.6. The zero-order valence-electron chi connectivity index (χ0n) is 11.6. The zero-order valence-corrected chi connectivity index (χ0v) is 12.3. The summed E-state index contributed by atoms with van der Waals surface area (Å²) in [4.78, 5) is 10.5. The van der Waals surface area contributed by atoms with Gasteiger partial charge in [-0.3, -0.25) is 10.1 Å². The number of nitro groups is 1. The molecule has 0 amide bonds. The van der Waals surface area contributed by atoms with Crippen molar-refractivity contribution in [2.75, 3.05) is 5.32 Å². The standard InChI is InChI=1S/C14H18ClFN2O2/c1-14(2)6-4-3-5-13(14)17-11-8-10(16)9(15)7-12(11)18(19)20/h7-8,13,17H,3-6H2,1-2H3. The lowest BCUT2D eigenvalue weighted by atomic mass is 9.73. The maximum atomic E-state index is 13.6. The Kier molecular flexibility index (Phi) is 4.18. The number of nitrogens with zero attached hydrogens (tertiary/aromatic N) is 1. The lowest BCUT2D eigenvalue weighted by Crippen LogP contribution is -2.39. The van der Waals surface area contributed by atoms with Crippen molar-refractivity contribution in [2.45, 2.75) is 45.6 Å². The molecule has 1 saturated carbocycles. The molecule has 0 aromatic heterocycles. The third kappa shape index (κ3) is 3.03. The third-order valence-electron chi connectivity index (χ3n) is 4.07. The van der Waals surface area contributed by atoms with Crippen LogP contribution < -0.4 is 5.32 Å². The second-order valence-electron chi connectivity index (χ2n) is 5.97. The van der Waals surface area contributed by atoms with E-state index in [0.717, 1.165) is 37.8 Å². The molecule has 1 unspecified atom stereocenters. The van der Waals surface area contributed by atoms with E-state index in [2.05, 4.69) is 19.2 Å². The molecule has 1 aliphatic carbocycles. The molecule has 20 heavy (non-hydrogen) atoms. The zero-order chi connectivity index (χ0) is 14.9. The summed E-state index contributed by atoms with van der Waals surface area (Å²) < 4.78 is 13.6. The molecule has 0 radical (unpaired) electrons. The Bertz CT molecular complexity index is 534. The molecular weight excluding hydrogens is 283 g/mol. The van der Waals surface area contributed by atoms with Crippen molar-refractivity contribution in [3.63, 3.8) is 0 Å². The Balaban J connectivity index is 2.32. The topological polar surface area (TPSA) is 55.2 Å². The minimum atomic E-state index is -0.645. The predicted octanol–water partition coefficient (Wildman–Crippen LogP) is 4.77. The van der Waals surface area contributed by atoms with Crippen molar-refractivity contribution < 1.29 is 9.31 Å². The Labute approximate surface area is 122 Å². The van der Waals surface area contributed by atoms with Gasteiger partial charge >= 0.3 is 0 Å². The summed E-state index contributed by atoms with van der Waals surface area (Å²) in [7, 11) is 0. The smallest absolute Gasteiger partial charge is 0.294 e. The van der Waals surface area contributed by atoms with E-state index in [1.165, 1.54) is 0 Å². The molecule has 6 heteroatoms. The molecule has 0 spiro atoms. The average Bonchev–Trinajstić information content (AvgIpc) is 2.35. The first-order chi connectivity index (χ1) is 9.31. The SMILES string of the molecule is CC1(C)CCCCC1Nc1cc(F)c(Cl)cc1[N+](=O)[O-]. The molecule has 0 saturated heterocycles. The monoisotopic (exact) mass is 300 g/mol. The lowest BCUT2D eigenvalue weighted by molar-refractivity contribution is -0.384. The number of halogens is 2. The Hall–Kier alpha value is -1.36. The first kappa shape index (κ1) is 15.0. The van der Waals surface area contributed by atoms with Gasteiger partial charge in [0.1, 0.15) is 11.5 Å². The highest BCUT2D eigenvalue weighted by atomic mass is 35.5. The van der Waals surface area contributed by atoms with Crippen molar-refractivity contribution in [1.29, 1.82) is 0 Å². The van der Waals surface area contributed by atoms with Crippen LogP contribution in [0.2, 0.25) is 5.02 Å². The van der Waals surface area contributed by atoms with Gasteiger partial charge in [0.25, 0.3) is 5.69 Å². The van der Waals surface area contributed by atoms with Crippen LogP contribution in [0.3, 0.4) is 0 Å². The van der Waals surface area contributed by atoms with Crippen LogP contribution in [0, 0.1) is 21.3 Å². The summed E-state index contributed by atoms with van der Waals surface area (Å²) in [5.41, 5.74) is 0.0528. The summed E-state index contributed by atoms with van der Waals surface area (Å²) >= 11 is 5.62. The Morgan fingerprint density at radius 2 is 2.15 bits per heavy atom. The number of rotatable bonds is 3. The van der Waals surface area contributed by atoms with Gasteiger partial charge in [0.2, 0.25) is 0 Å². The van der Waals surface area contributed by atoms with Gasteiger partial charge in [-0.25, -0.2) is 4.39 Å². The quantitative estimate of drug-likeness (QED) is 0.646. The number of nitrogens with one attached hydrogen (secondary N) is 1. The van der Waals surface area contributed by atoms with Crippen molar-refractivity contribution >= 4 is 23.0 Å². The second kappa shape index (κ2) is 5.56. The van der Waals surface area contributed by atoms with Crippen LogP contribution >= 0.6 is 11.6 Å². The largest absolute Gasteiger partial charge is 0.376 e. The normalized spacial score (nSPS) is 21.5. The number of anilines is 1. The van der Waals surface area contributed by atoms with Gasteiger partial charge in [-0.05, 0) is 18.3 Å². The van der Waals surface area contributed by atoms with Gasteiger partial charge in [0.05, 0.1) is 9.95 Å². The molecule has 0 heterocycles. The second-order valence-corrected chi connectivity index (χ2v) is 6.38. The fourth-order valence-electron chi connectivity index (χ4n) is 2.75.